The first-order valence-corrected chi connectivity index (χ1v) is 6.55. The predicted octanol–water partition coefficient (Wildman–Crippen LogP) is 2.12. The average Bonchev–Trinajstić information content (AvgIpc) is 2.44. The third-order valence-electron chi connectivity index (χ3n) is 2.73. The van der Waals surface area contributed by atoms with Crippen LogP contribution in [-0.4, -0.2) is 33.3 Å². The van der Waals surface area contributed by atoms with Crippen LogP contribution in [0.2, 0.25) is 0 Å². The Hall–Kier alpha value is -1.27. The van der Waals surface area contributed by atoms with Gasteiger partial charge in [-0.3, -0.25) is 4.79 Å². The standard InChI is InChI=1S/C13H18BrNO4/c1-8(13(16)19-4)15-7-9-10(14)5-6-11(17-2)12(9)18-3/h5-6,8,15H,7H2,1-4H3. The Bertz CT molecular complexity index is 451. The molecule has 0 saturated heterocycles. The van der Waals surface area contributed by atoms with Gasteiger partial charge in [0.15, 0.2) is 11.5 Å². The molecule has 0 radical (unpaired) electrons. The van der Waals surface area contributed by atoms with Crippen molar-refractivity contribution in [1.82, 2.24) is 5.32 Å². The molecule has 0 bridgehead atoms. The van der Waals surface area contributed by atoms with Gasteiger partial charge in [0.1, 0.15) is 6.04 Å². The molecular formula is C13H18BrNO4. The molecular weight excluding hydrogens is 314 g/mol. The summed E-state index contributed by atoms with van der Waals surface area (Å²) in [6.45, 7) is 2.20. The summed E-state index contributed by atoms with van der Waals surface area (Å²) in [4.78, 5) is 11.3. The zero-order chi connectivity index (χ0) is 14.4. The molecule has 0 saturated carbocycles. The number of rotatable bonds is 6. The van der Waals surface area contributed by atoms with Crippen molar-refractivity contribution in [3.63, 3.8) is 0 Å². The van der Waals surface area contributed by atoms with Crippen LogP contribution in [0.15, 0.2) is 16.6 Å². The Kier molecular flexibility index (Phi) is 6.11. The third-order valence-corrected chi connectivity index (χ3v) is 3.47. The summed E-state index contributed by atoms with van der Waals surface area (Å²) in [5, 5.41) is 3.08. The monoisotopic (exact) mass is 331 g/mol. The first kappa shape index (κ1) is 15.8. The molecule has 5 nitrogen and oxygen atoms in total. The maximum absolute atomic E-state index is 11.3. The molecule has 0 amide bonds. The van der Waals surface area contributed by atoms with Crippen LogP contribution in [0.4, 0.5) is 0 Å². The van der Waals surface area contributed by atoms with Crippen molar-refractivity contribution in [2.45, 2.75) is 19.5 Å². The van der Waals surface area contributed by atoms with Crippen LogP contribution in [0.5, 0.6) is 11.5 Å². The number of hydrogen-bond acceptors (Lipinski definition) is 5. The highest BCUT2D eigenvalue weighted by Crippen LogP contribution is 2.35. The molecule has 6 heteroatoms. The Balaban J connectivity index is 2.91. The van der Waals surface area contributed by atoms with Crippen LogP contribution in [0.1, 0.15) is 12.5 Å². The van der Waals surface area contributed by atoms with Crippen molar-refractivity contribution < 1.29 is 19.0 Å². The van der Waals surface area contributed by atoms with Crippen LogP contribution in [0.25, 0.3) is 0 Å². The Morgan fingerprint density at radius 1 is 1.32 bits per heavy atom. The van der Waals surface area contributed by atoms with E-state index in [0.717, 1.165) is 10.0 Å². The van der Waals surface area contributed by atoms with E-state index in [0.29, 0.717) is 18.0 Å². The summed E-state index contributed by atoms with van der Waals surface area (Å²) in [6, 6.07) is 3.30. The van der Waals surface area contributed by atoms with Gasteiger partial charge >= 0.3 is 5.97 Å². The highest BCUT2D eigenvalue weighted by Gasteiger charge is 2.17. The van der Waals surface area contributed by atoms with Crippen LogP contribution >= 0.6 is 15.9 Å². The van der Waals surface area contributed by atoms with Gasteiger partial charge in [0.25, 0.3) is 0 Å². The molecule has 0 heterocycles. The molecule has 1 N–H and O–H groups in total. The fraction of sp³-hybridized carbons (Fsp3) is 0.462. The number of nitrogens with one attached hydrogen (secondary N) is 1. The van der Waals surface area contributed by atoms with Crippen molar-refractivity contribution >= 4 is 21.9 Å². The van der Waals surface area contributed by atoms with Gasteiger partial charge in [-0.2, -0.15) is 0 Å². The topological polar surface area (TPSA) is 56.8 Å². The van der Waals surface area contributed by atoms with E-state index in [1.54, 1.807) is 21.1 Å². The molecule has 0 aliphatic carbocycles. The molecule has 1 aromatic carbocycles. The van der Waals surface area contributed by atoms with Gasteiger partial charge in [0.05, 0.1) is 21.3 Å². The van der Waals surface area contributed by atoms with E-state index >= 15 is 0 Å². The second-order valence-electron chi connectivity index (χ2n) is 3.89. The minimum atomic E-state index is -0.396. The van der Waals surface area contributed by atoms with Gasteiger partial charge < -0.3 is 19.5 Å². The van der Waals surface area contributed by atoms with Crippen molar-refractivity contribution in [3.8, 4) is 11.5 Å². The van der Waals surface area contributed by atoms with Crippen LogP contribution in [0.3, 0.4) is 0 Å². The SMILES string of the molecule is COC(=O)C(C)NCc1c(Br)ccc(OC)c1OC. The van der Waals surface area contributed by atoms with Gasteiger partial charge in [-0.1, -0.05) is 15.9 Å². The van der Waals surface area contributed by atoms with E-state index in [-0.39, 0.29) is 5.97 Å². The highest BCUT2D eigenvalue weighted by molar-refractivity contribution is 9.10. The van der Waals surface area contributed by atoms with Crippen molar-refractivity contribution in [2.24, 2.45) is 0 Å². The second kappa shape index (κ2) is 7.35. The van der Waals surface area contributed by atoms with Crippen molar-refractivity contribution in [3.05, 3.63) is 22.2 Å². The van der Waals surface area contributed by atoms with E-state index in [1.165, 1.54) is 7.11 Å². The molecule has 1 unspecified atom stereocenters. The molecule has 0 aliphatic rings. The maximum Gasteiger partial charge on any atom is 0.322 e. The quantitative estimate of drug-likeness (QED) is 0.809. The van der Waals surface area contributed by atoms with Crippen molar-refractivity contribution in [1.29, 1.82) is 0 Å². The third kappa shape index (κ3) is 3.84. The first-order valence-electron chi connectivity index (χ1n) is 5.75. The number of esters is 1. The number of hydrogen-bond donors (Lipinski definition) is 1. The Morgan fingerprint density at radius 3 is 2.53 bits per heavy atom. The van der Waals surface area contributed by atoms with Gasteiger partial charge in [0.2, 0.25) is 0 Å². The number of carbonyl (C=O) groups excluding carboxylic acids is 1. The van der Waals surface area contributed by atoms with E-state index in [4.69, 9.17) is 9.47 Å². The Morgan fingerprint density at radius 2 is 2.00 bits per heavy atom. The number of halogens is 1. The van der Waals surface area contributed by atoms with Crippen molar-refractivity contribution in [2.75, 3.05) is 21.3 Å². The molecule has 0 aliphatic heterocycles. The molecule has 1 rings (SSSR count). The fourth-order valence-electron chi connectivity index (χ4n) is 1.65. The smallest absolute Gasteiger partial charge is 0.322 e. The van der Waals surface area contributed by atoms with Gasteiger partial charge in [0, 0.05) is 16.6 Å². The van der Waals surface area contributed by atoms with Crippen LogP contribution < -0.4 is 14.8 Å². The maximum atomic E-state index is 11.3. The Labute approximate surface area is 121 Å². The average molecular weight is 332 g/mol. The van der Waals surface area contributed by atoms with E-state index < -0.39 is 6.04 Å². The zero-order valence-electron chi connectivity index (χ0n) is 11.5. The fourth-order valence-corrected chi connectivity index (χ4v) is 2.10. The van der Waals surface area contributed by atoms with Gasteiger partial charge in [-0.25, -0.2) is 0 Å². The first-order chi connectivity index (χ1) is 9.04. The minimum Gasteiger partial charge on any atom is -0.493 e. The lowest BCUT2D eigenvalue weighted by Crippen LogP contribution is -2.34. The number of benzene rings is 1. The predicted molar refractivity (Wildman–Crippen MR) is 75.6 cm³/mol. The second-order valence-corrected chi connectivity index (χ2v) is 4.74. The summed E-state index contributed by atoms with van der Waals surface area (Å²) in [5.41, 5.74) is 0.887. The van der Waals surface area contributed by atoms with Gasteiger partial charge in [-0.05, 0) is 19.1 Å². The summed E-state index contributed by atoms with van der Waals surface area (Å²) in [6.07, 6.45) is 0. The lowest BCUT2D eigenvalue weighted by atomic mass is 10.1. The van der Waals surface area contributed by atoms with E-state index in [2.05, 4.69) is 26.0 Å². The molecule has 0 fully saturated rings. The minimum absolute atomic E-state index is 0.307. The molecule has 0 spiro atoms. The number of carbonyl (C=O) groups is 1. The number of methoxy groups -OCH3 is 3. The highest BCUT2D eigenvalue weighted by atomic mass is 79.9. The normalized spacial score (nSPS) is 11.8. The van der Waals surface area contributed by atoms with Crippen LogP contribution in [0, 0.1) is 0 Å². The van der Waals surface area contributed by atoms with Gasteiger partial charge in [-0.15, -0.1) is 0 Å². The molecule has 106 valence electrons. The van der Waals surface area contributed by atoms with E-state index in [9.17, 15) is 4.79 Å². The van der Waals surface area contributed by atoms with E-state index in [1.807, 2.05) is 12.1 Å². The summed E-state index contributed by atoms with van der Waals surface area (Å²) in [5.74, 6) is 0.979. The lowest BCUT2D eigenvalue weighted by Gasteiger charge is -2.17. The molecule has 1 aromatic rings. The van der Waals surface area contributed by atoms with Crippen LogP contribution in [-0.2, 0) is 16.1 Å². The summed E-state index contributed by atoms with van der Waals surface area (Å²) < 4.78 is 16.1. The summed E-state index contributed by atoms with van der Waals surface area (Å²) in [7, 11) is 4.53. The molecule has 1 atom stereocenters. The zero-order valence-corrected chi connectivity index (χ0v) is 13.0. The molecule has 19 heavy (non-hydrogen) atoms. The number of ether oxygens (including phenoxy) is 3. The largest absolute Gasteiger partial charge is 0.493 e. The lowest BCUT2D eigenvalue weighted by molar-refractivity contribution is -0.142. The molecule has 0 aromatic heterocycles. The summed E-state index contributed by atoms with van der Waals surface area (Å²) >= 11 is 3.46.